The Morgan fingerprint density at radius 1 is 0.600 bits per heavy atom. The molecule has 0 atom stereocenters. The van der Waals surface area contributed by atoms with Crippen molar-refractivity contribution >= 4 is 81.5 Å². The van der Waals surface area contributed by atoms with Crippen LogP contribution in [0, 0.1) is 0 Å². The van der Waals surface area contributed by atoms with Crippen molar-refractivity contribution < 1.29 is 41.0 Å². The number of azo groups is 2. The van der Waals surface area contributed by atoms with E-state index in [1.165, 1.54) is 12.8 Å². The van der Waals surface area contributed by atoms with Gasteiger partial charge in [-0.05, 0) is 63.3 Å². The fourth-order valence-corrected chi connectivity index (χ4v) is 4.27. The highest BCUT2D eigenvalue weighted by Crippen LogP contribution is 2.42. The van der Waals surface area contributed by atoms with Crippen LogP contribution in [0.4, 0.5) is 28.4 Å². The lowest BCUT2D eigenvalue weighted by Gasteiger charge is -2.08. The zero-order valence-electron chi connectivity index (χ0n) is 38.9. The number of phenols is 1. The highest BCUT2D eigenvalue weighted by molar-refractivity contribution is 7.85. The molecule has 4 N–H and O–H groups in total. The van der Waals surface area contributed by atoms with Gasteiger partial charge in [-0.2, -0.15) is 18.6 Å². The molecule has 0 heterocycles. The molecule has 0 aliphatic rings. The van der Waals surface area contributed by atoms with E-state index in [4.69, 9.17) is 31.8 Å². The van der Waals surface area contributed by atoms with Gasteiger partial charge < -0.3 is 10.8 Å². The second-order valence-corrected chi connectivity index (χ2v) is 12.7. The molecule has 6 rings (SSSR count). The number of hydrogen-bond donors (Lipinski definition) is 3. The Hall–Kier alpha value is -5.57. The number of nitrogen functional groups attached to an aromatic ring is 1. The fourth-order valence-electron chi connectivity index (χ4n) is 4.27. The van der Waals surface area contributed by atoms with Crippen LogP contribution in [0.2, 0.25) is 0 Å². The smallest absolute Gasteiger partial charge is 0.425 e. The SMILES string of the molecule is CC.CC.CCC.CCC.CS(=O)(=O)O.Nc1c(N=Nc2ccc3ccccc3c2)ccc2ccc(N=Nc3ccc4ccccc4c3)c(O)c12.O=S(=O)=O.[2HH].[2H][2H].[2H][2H].[2H][2H]. The van der Waals surface area contributed by atoms with E-state index in [0.717, 1.165) is 32.6 Å². The lowest BCUT2D eigenvalue weighted by molar-refractivity contribution is 0.482. The van der Waals surface area contributed by atoms with Gasteiger partial charge in [0.25, 0.3) is 10.1 Å². The highest BCUT2D eigenvalue weighted by Gasteiger charge is 2.12. The number of benzene rings is 6. The van der Waals surface area contributed by atoms with Gasteiger partial charge >= 0.3 is 10.6 Å². The maximum Gasteiger partial charge on any atom is 0.425 e. The quantitative estimate of drug-likeness (QED) is 0.0886. The van der Waals surface area contributed by atoms with Crippen molar-refractivity contribution in [3.63, 3.8) is 0 Å². The molecule has 14 heteroatoms. The van der Waals surface area contributed by atoms with Crippen molar-refractivity contribution in [1.82, 2.24) is 0 Å². The van der Waals surface area contributed by atoms with Gasteiger partial charge in [0, 0.05) is 10.3 Å². The van der Waals surface area contributed by atoms with Crippen LogP contribution in [0.1, 0.15) is 78.6 Å². The minimum Gasteiger partial charge on any atom is -0.505 e. The van der Waals surface area contributed by atoms with Gasteiger partial charge in [0.1, 0.15) is 11.4 Å². The van der Waals surface area contributed by atoms with Crippen molar-refractivity contribution in [2.24, 2.45) is 20.5 Å². The van der Waals surface area contributed by atoms with Gasteiger partial charge in [0.2, 0.25) is 0 Å². The van der Waals surface area contributed by atoms with Crippen LogP contribution in [-0.2, 0) is 20.7 Å². The topological polar surface area (TPSA) is 201 Å². The number of aromatic hydroxyl groups is 1. The first-order valence-corrected chi connectivity index (χ1v) is 20.6. The fraction of sp³-hybridized carbons (Fsp3) is 0.268. The number of nitrogens with zero attached hydrogens (tertiary/aromatic N) is 4. The summed E-state index contributed by atoms with van der Waals surface area (Å²) in [5.41, 5.74) is 8.96. The molecule has 0 saturated carbocycles. The summed E-state index contributed by atoms with van der Waals surface area (Å²) >= 11 is 0. The summed E-state index contributed by atoms with van der Waals surface area (Å²) in [5.74, 6) is -0.0442. The molecule has 0 saturated heterocycles. The summed E-state index contributed by atoms with van der Waals surface area (Å²) in [6.45, 7) is 16.5. The molecular weight excluding hydrogens is 739 g/mol. The Morgan fingerprint density at radius 3 is 1.29 bits per heavy atom. The third kappa shape index (κ3) is 18.8. The molecule has 0 bridgehead atoms. The molecule has 55 heavy (non-hydrogen) atoms. The van der Waals surface area contributed by atoms with Gasteiger partial charge in [-0.3, -0.25) is 4.55 Å². The molecule has 0 spiro atoms. The van der Waals surface area contributed by atoms with Crippen molar-refractivity contribution in [2.75, 3.05) is 12.0 Å². The van der Waals surface area contributed by atoms with E-state index in [-0.39, 0.29) is 7.18 Å². The summed E-state index contributed by atoms with van der Waals surface area (Å²) in [6, 6.07) is 35.1. The predicted molar refractivity (Wildman–Crippen MR) is 237 cm³/mol. The molecule has 6 aromatic carbocycles. The first-order valence-electron chi connectivity index (χ1n) is 20.8. The number of anilines is 1. The van der Waals surface area contributed by atoms with Crippen LogP contribution in [0.3, 0.4) is 0 Å². The van der Waals surface area contributed by atoms with E-state index >= 15 is 0 Å². The molecule has 0 unspecified atom stereocenters. The van der Waals surface area contributed by atoms with Crippen LogP contribution in [0.15, 0.2) is 130 Å². The lowest BCUT2D eigenvalue weighted by Crippen LogP contribution is -1.88. The summed E-state index contributed by atoms with van der Waals surface area (Å²) in [6.07, 6.45) is 3.22. The Bertz CT molecular complexity index is 2240. The van der Waals surface area contributed by atoms with Gasteiger partial charge in [-0.25, -0.2) is 0 Å². The van der Waals surface area contributed by atoms with Crippen molar-refractivity contribution in [3.05, 3.63) is 109 Å². The highest BCUT2D eigenvalue weighted by atomic mass is 32.2. The predicted octanol–water partition coefficient (Wildman–Crippen LogP) is 13.6. The van der Waals surface area contributed by atoms with Crippen LogP contribution < -0.4 is 5.73 Å². The number of fused-ring (bicyclic) bond motifs is 3. The van der Waals surface area contributed by atoms with Gasteiger partial charge in [-0.1, -0.05) is 141 Å². The average Bonchev–Trinajstić information content (AvgIpc) is 3.26. The second-order valence-electron chi connectivity index (χ2n) is 10.8. The van der Waals surface area contributed by atoms with Crippen LogP contribution in [0.25, 0.3) is 32.3 Å². The van der Waals surface area contributed by atoms with E-state index < -0.39 is 20.7 Å². The number of rotatable bonds is 4. The normalized spacial score (nSPS) is 10.6. The number of nitrogens with two attached hydrogens (primary N) is 1. The first kappa shape index (κ1) is 43.8. The molecular formula is C41H61N5O7S2. The summed E-state index contributed by atoms with van der Waals surface area (Å²) in [5, 5.41) is 34.0. The Labute approximate surface area is 337 Å². The molecule has 12 nitrogen and oxygen atoms in total. The Balaban J connectivity index is -0.000000351. The molecule has 0 aliphatic heterocycles. The van der Waals surface area contributed by atoms with Crippen molar-refractivity contribution in [1.29, 1.82) is 0 Å². The van der Waals surface area contributed by atoms with Gasteiger partial charge in [-0.15, -0.1) is 22.9 Å². The maximum atomic E-state index is 11.0. The molecule has 6 aromatic rings. The molecule has 0 amide bonds. The standard InChI is InChI=1S/C30H21N5O.2C3H8.2C2H6.CH4O3S.O3S.4H2/c31-29-26(34-32-24-13-9-19-5-1-3-7-22(19)17-24)15-11-21-12-16-27(30(36)28(21)29)35-33-25-14-10-20-6-2-4-8-23(20)18-25;2*1-3-2;2*1-2;1-5(2,3)4;1-4(2)3;;;;/h1-18,36H,31H2;2*3H2,1-2H3;2*1-2H3;1H3,(H,2,3,4);;4*1H/i;;;;;;;3*1+1D;1+1. The van der Waals surface area contributed by atoms with Crippen LogP contribution in [-0.4, -0.2) is 37.0 Å². The Kier molecular flexibility index (Phi) is 21.6. The van der Waals surface area contributed by atoms with Crippen LogP contribution >= 0.6 is 0 Å². The maximum absolute atomic E-state index is 11.0. The van der Waals surface area contributed by atoms with Gasteiger partial charge in [0.15, 0.2) is 5.75 Å². The second kappa shape index (κ2) is 27.1. The molecule has 0 aromatic heterocycles. The van der Waals surface area contributed by atoms with Crippen molar-refractivity contribution in [2.45, 2.75) is 68.2 Å². The van der Waals surface area contributed by atoms with Gasteiger partial charge in [0.05, 0.1) is 28.7 Å². The van der Waals surface area contributed by atoms with E-state index in [2.05, 4.69) is 54.2 Å². The van der Waals surface area contributed by atoms with E-state index in [1.807, 2.05) is 119 Å². The molecule has 0 aliphatic carbocycles. The summed E-state index contributed by atoms with van der Waals surface area (Å²) in [7, 11) is -6.78. The Morgan fingerprint density at radius 2 is 0.909 bits per heavy atom. The largest absolute Gasteiger partial charge is 0.505 e. The van der Waals surface area contributed by atoms with E-state index in [9.17, 15) is 13.5 Å². The first-order chi connectivity index (χ1) is 29.2. The average molecular weight is 807 g/mol. The zero-order valence-corrected chi connectivity index (χ0v) is 34.6. The zero-order chi connectivity index (χ0) is 48.0. The van der Waals surface area contributed by atoms with Crippen LogP contribution in [0.5, 0.6) is 5.75 Å². The minimum atomic E-state index is -3.67. The lowest BCUT2D eigenvalue weighted by atomic mass is 10.1. The third-order valence-electron chi connectivity index (χ3n) is 6.17. The number of phenolic OH excluding ortho intramolecular Hbond substituents is 1. The molecule has 0 fully saturated rings. The summed E-state index contributed by atoms with van der Waals surface area (Å²) < 4.78 is 81.2. The third-order valence-corrected chi connectivity index (χ3v) is 6.17. The van der Waals surface area contributed by atoms with E-state index in [1.54, 1.807) is 12.1 Å². The minimum absolute atomic E-state index is 0. The van der Waals surface area contributed by atoms with E-state index in [0.29, 0.717) is 34.4 Å². The molecule has 0 radical (unpaired) electrons. The number of hydrogen-bond acceptors (Lipinski definition) is 11. The van der Waals surface area contributed by atoms with Crippen molar-refractivity contribution in [3.8, 4) is 5.75 Å². The molecule has 304 valence electrons. The monoisotopic (exact) mass is 806 g/mol. The summed E-state index contributed by atoms with van der Waals surface area (Å²) in [4.78, 5) is 0.